The molecule has 0 spiro atoms. The van der Waals surface area contributed by atoms with E-state index in [2.05, 4.69) is 19.7 Å². The summed E-state index contributed by atoms with van der Waals surface area (Å²) in [6.07, 6.45) is 1.16. The molecule has 0 aliphatic carbocycles. The minimum Gasteiger partial charge on any atom is -0.465 e. The largest absolute Gasteiger partial charge is 0.465 e. The van der Waals surface area contributed by atoms with Gasteiger partial charge in [-0.15, -0.1) is 0 Å². The second-order valence-corrected chi connectivity index (χ2v) is 2.53. The van der Waals surface area contributed by atoms with E-state index in [-0.39, 0.29) is 17.8 Å². The van der Waals surface area contributed by atoms with E-state index >= 15 is 0 Å². The fraction of sp³-hybridized carbons (Fsp3) is 0.250. The summed E-state index contributed by atoms with van der Waals surface area (Å²) in [7, 11) is 1.19. The number of halogens is 1. The highest BCUT2D eigenvalue weighted by Gasteiger charge is 2.10. The van der Waals surface area contributed by atoms with E-state index in [0.29, 0.717) is 0 Å². The van der Waals surface area contributed by atoms with Crippen molar-refractivity contribution in [3.63, 3.8) is 0 Å². The third-order valence-electron chi connectivity index (χ3n) is 1.62. The predicted octanol–water partition coefficient (Wildman–Crippen LogP) is 1.82. The summed E-state index contributed by atoms with van der Waals surface area (Å²) in [6.45, 7) is -0.191. The molecular weight excluding hydrogens is 203 g/mol. The number of hydrogen-bond donors (Lipinski definition) is 0. The Bertz CT molecular complexity index is 429. The van der Waals surface area contributed by atoms with Crippen molar-refractivity contribution in [1.29, 1.82) is 0 Å². The highest BCUT2D eigenvalue weighted by molar-refractivity contribution is 5.88. The number of nitrogens with zero attached hydrogens (tertiary/aromatic N) is 4. The van der Waals surface area contributed by atoms with Gasteiger partial charge in [-0.25, -0.2) is 9.18 Å². The van der Waals surface area contributed by atoms with Crippen molar-refractivity contribution in [1.82, 2.24) is 4.98 Å². The Hall–Kier alpha value is -2.14. The van der Waals surface area contributed by atoms with Crippen LogP contribution in [0.2, 0.25) is 0 Å². The monoisotopic (exact) mass is 210 g/mol. The average Bonchev–Trinajstić information content (AvgIpc) is 2.26. The number of pyridine rings is 1. The molecule has 15 heavy (non-hydrogen) atoms. The molecule has 0 bridgehead atoms. The normalized spacial score (nSPS) is 9.20. The first-order chi connectivity index (χ1) is 7.19. The zero-order chi connectivity index (χ0) is 11.3. The number of methoxy groups -OCH3 is 1. The van der Waals surface area contributed by atoms with E-state index in [1.165, 1.54) is 7.11 Å². The van der Waals surface area contributed by atoms with Crippen LogP contribution in [0.15, 0.2) is 17.4 Å². The lowest BCUT2D eigenvalue weighted by atomic mass is 10.2. The summed E-state index contributed by atoms with van der Waals surface area (Å²) in [6, 6.07) is 0.987. The maximum atomic E-state index is 13.2. The van der Waals surface area contributed by atoms with Gasteiger partial charge in [0.05, 0.1) is 24.9 Å². The Morgan fingerprint density at radius 2 is 2.53 bits per heavy atom. The highest BCUT2D eigenvalue weighted by Crippen LogP contribution is 2.09. The van der Waals surface area contributed by atoms with Gasteiger partial charge in [-0.1, -0.05) is 5.11 Å². The minimum atomic E-state index is -0.703. The molecule has 0 saturated heterocycles. The molecule has 0 amide bonds. The molecule has 0 N–H and O–H groups in total. The van der Waals surface area contributed by atoms with Crippen molar-refractivity contribution < 1.29 is 13.9 Å². The van der Waals surface area contributed by atoms with Gasteiger partial charge >= 0.3 is 5.97 Å². The van der Waals surface area contributed by atoms with E-state index in [4.69, 9.17) is 5.53 Å². The van der Waals surface area contributed by atoms with Crippen LogP contribution in [0.5, 0.6) is 0 Å². The molecule has 0 aliphatic heterocycles. The fourth-order valence-electron chi connectivity index (χ4n) is 0.911. The Morgan fingerprint density at radius 3 is 3.07 bits per heavy atom. The number of ether oxygens (including phenoxy) is 1. The number of esters is 1. The molecule has 0 aromatic carbocycles. The molecule has 0 atom stereocenters. The molecular formula is C8H7FN4O2. The van der Waals surface area contributed by atoms with Gasteiger partial charge in [0.1, 0.15) is 5.82 Å². The van der Waals surface area contributed by atoms with Gasteiger partial charge in [0.2, 0.25) is 0 Å². The Balaban J connectivity index is 2.97. The van der Waals surface area contributed by atoms with Gasteiger partial charge in [-0.3, -0.25) is 4.98 Å². The lowest BCUT2D eigenvalue weighted by molar-refractivity contribution is 0.0599. The first-order valence-electron chi connectivity index (χ1n) is 3.92. The van der Waals surface area contributed by atoms with Crippen LogP contribution in [0.3, 0.4) is 0 Å². The molecule has 0 saturated carbocycles. The molecule has 6 nitrogen and oxygen atoms in total. The second kappa shape index (κ2) is 4.92. The predicted molar refractivity (Wildman–Crippen MR) is 48.4 cm³/mol. The Labute approximate surface area is 84.3 Å². The van der Waals surface area contributed by atoms with Crippen molar-refractivity contribution in [2.24, 2.45) is 5.11 Å². The number of carbonyl (C=O) groups excluding carboxylic acids is 1. The lowest BCUT2D eigenvalue weighted by Crippen LogP contribution is -2.04. The van der Waals surface area contributed by atoms with Crippen molar-refractivity contribution in [3.05, 3.63) is 39.8 Å². The lowest BCUT2D eigenvalue weighted by Gasteiger charge is -2.01. The van der Waals surface area contributed by atoms with Crippen molar-refractivity contribution in [3.8, 4) is 0 Å². The smallest absolute Gasteiger partial charge is 0.339 e. The van der Waals surface area contributed by atoms with Crippen LogP contribution in [0.25, 0.3) is 10.4 Å². The summed E-state index contributed by atoms with van der Waals surface area (Å²) in [5, 5.41) is 3.16. The van der Waals surface area contributed by atoms with Crippen LogP contribution in [0.1, 0.15) is 16.1 Å². The van der Waals surface area contributed by atoms with Gasteiger partial charge in [0.25, 0.3) is 0 Å². The summed E-state index contributed by atoms with van der Waals surface area (Å²) < 4.78 is 17.6. The van der Waals surface area contributed by atoms with Gasteiger partial charge < -0.3 is 4.74 Å². The standard InChI is InChI=1S/C8H7FN4O2/c1-15-8(14)5-2-6(9)7(11-3-5)4-12-13-10/h2-3H,4H2,1H3. The first kappa shape index (κ1) is 10.9. The maximum Gasteiger partial charge on any atom is 0.339 e. The fourth-order valence-corrected chi connectivity index (χ4v) is 0.911. The molecule has 0 aliphatic rings. The van der Waals surface area contributed by atoms with Crippen LogP contribution in [-0.2, 0) is 11.3 Å². The van der Waals surface area contributed by atoms with Crippen LogP contribution in [0.4, 0.5) is 4.39 Å². The molecule has 7 heteroatoms. The van der Waals surface area contributed by atoms with E-state index in [0.717, 1.165) is 12.3 Å². The van der Waals surface area contributed by atoms with Gasteiger partial charge in [-0.05, 0) is 11.6 Å². The molecule has 0 fully saturated rings. The number of carbonyl (C=O) groups is 1. The molecule has 0 unspecified atom stereocenters. The summed E-state index contributed by atoms with van der Waals surface area (Å²) >= 11 is 0. The molecule has 1 heterocycles. The first-order valence-corrected chi connectivity index (χ1v) is 3.92. The Kier molecular flexibility index (Phi) is 3.59. The van der Waals surface area contributed by atoms with E-state index in [1.807, 2.05) is 0 Å². The van der Waals surface area contributed by atoms with Crippen molar-refractivity contribution in [2.45, 2.75) is 6.54 Å². The molecule has 1 rings (SSSR count). The number of rotatable bonds is 3. The van der Waals surface area contributed by atoms with E-state index < -0.39 is 11.8 Å². The minimum absolute atomic E-state index is 0.0135. The summed E-state index contributed by atoms with van der Waals surface area (Å²) in [5.74, 6) is -1.37. The van der Waals surface area contributed by atoms with Crippen molar-refractivity contribution in [2.75, 3.05) is 7.11 Å². The average molecular weight is 210 g/mol. The topological polar surface area (TPSA) is 88.0 Å². The Morgan fingerprint density at radius 1 is 1.80 bits per heavy atom. The number of azide groups is 1. The van der Waals surface area contributed by atoms with Crippen LogP contribution in [-0.4, -0.2) is 18.1 Å². The van der Waals surface area contributed by atoms with Gasteiger partial charge in [-0.2, -0.15) is 0 Å². The molecule has 1 aromatic heterocycles. The quantitative estimate of drug-likeness (QED) is 0.330. The molecule has 1 aromatic rings. The van der Waals surface area contributed by atoms with E-state index in [1.54, 1.807) is 0 Å². The number of hydrogen-bond acceptors (Lipinski definition) is 4. The molecule has 0 radical (unpaired) electrons. The van der Waals surface area contributed by atoms with Crippen LogP contribution in [0, 0.1) is 5.82 Å². The zero-order valence-corrected chi connectivity index (χ0v) is 7.85. The zero-order valence-electron chi connectivity index (χ0n) is 7.85. The second-order valence-electron chi connectivity index (χ2n) is 2.53. The van der Waals surface area contributed by atoms with Gasteiger partial charge in [0.15, 0.2) is 0 Å². The summed E-state index contributed by atoms with van der Waals surface area (Å²) in [4.78, 5) is 17.1. The van der Waals surface area contributed by atoms with E-state index in [9.17, 15) is 9.18 Å². The van der Waals surface area contributed by atoms with Crippen LogP contribution < -0.4 is 0 Å². The number of aromatic nitrogens is 1. The van der Waals surface area contributed by atoms with Crippen LogP contribution >= 0.6 is 0 Å². The third-order valence-corrected chi connectivity index (χ3v) is 1.62. The van der Waals surface area contributed by atoms with Gasteiger partial charge in [0, 0.05) is 11.1 Å². The third kappa shape index (κ3) is 2.65. The molecule has 78 valence electrons. The van der Waals surface area contributed by atoms with Crippen molar-refractivity contribution >= 4 is 5.97 Å². The SMILES string of the molecule is COC(=O)c1cnc(CN=[N+]=[N-])c(F)c1. The summed E-state index contributed by atoms with van der Waals surface area (Å²) in [5.41, 5.74) is 8.03. The maximum absolute atomic E-state index is 13.2. The highest BCUT2D eigenvalue weighted by atomic mass is 19.1.